The van der Waals surface area contributed by atoms with E-state index in [1.165, 1.54) is 6.92 Å². The van der Waals surface area contributed by atoms with Gasteiger partial charge in [-0.15, -0.1) is 0 Å². The Bertz CT molecular complexity index is 371. The molecule has 0 aliphatic heterocycles. The molecule has 0 spiro atoms. The minimum Gasteiger partial charge on any atom is -0.481 e. The second kappa shape index (κ2) is 5.16. The van der Waals surface area contributed by atoms with E-state index >= 15 is 0 Å². The summed E-state index contributed by atoms with van der Waals surface area (Å²) in [5, 5.41) is 11.3. The number of amides is 1. The summed E-state index contributed by atoms with van der Waals surface area (Å²) in [6.45, 7) is 1.35. The van der Waals surface area contributed by atoms with Crippen LogP contribution in [0.15, 0.2) is 24.3 Å². The van der Waals surface area contributed by atoms with Crippen LogP contribution in [0.2, 0.25) is 0 Å². The van der Waals surface area contributed by atoms with E-state index in [1.54, 1.807) is 24.3 Å². The molecule has 1 aromatic carbocycles. The largest absolute Gasteiger partial charge is 0.481 e. The maximum Gasteiger partial charge on any atom is 0.305 e. The normalized spacial score (nSPS) is 11.8. The molecule has 0 heterocycles. The molecule has 1 atom stereocenters. The van der Waals surface area contributed by atoms with Gasteiger partial charge in [0.1, 0.15) is 0 Å². The van der Waals surface area contributed by atoms with Crippen molar-refractivity contribution in [3.8, 4) is 0 Å². The Morgan fingerprint density at radius 3 is 2.38 bits per heavy atom. The molecule has 4 N–H and O–H groups in total. The van der Waals surface area contributed by atoms with E-state index in [0.717, 1.165) is 5.56 Å². The predicted octanol–water partition coefficient (Wildman–Crippen LogP) is 0.921. The first-order valence-electron chi connectivity index (χ1n) is 4.83. The molecule has 0 saturated carbocycles. The first kappa shape index (κ1) is 12.0. The lowest BCUT2D eigenvalue weighted by Crippen LogP contribution is -2.27. The molecular weight excluding hydrogens is 208 g/mol. The highest BCUT2D eigenvalue weighted by atomic mass is 16.4. The van der Waals surface area contributed by atoms with Crippen LogP contribution in [0.1, 0.15) is 24.9 Å². The number of rotatable bonds is 4. The molecule has 1 rings (SSSR count). The summed E-state index contributed by atoms with van der Waals surface area (Å²) in [4.78, 5) is 21.6. The van der Waals surface area contributed by atoms with Crippen LogP contribution in [-0.2, 0) is 9.59 Å². The number of anilines is 1. The Morgan fingerprint density at radius 1 is 1.38 bits per heavy atom. The maximum absolute atomic E-state index is 10.9. The number of nitrogens with two attached hydrogens (primary N) is 1. The first-order chi connectivity index (χ1) is 7.49. The molecule has 0 aliphatic carbocycles. The van der Waals surface area contributed by atoms with Crippen LogP contribution in [-0.4, -0.2) is 17.0 Å². The van der Waals surface area contributed by atoms with Gasteiger partial charge in [0.05, 0.1) is 12.5 Å². The number of carbonyl (C=O) groups excluding carboxylic acids is 1. The second-order valence-corrected chi connectivity index (χ2v) is 3.52. The SMILES string of the molecule is CC(=O)N[C@H](CC(=O)O)c1ccc(N)cc1. The van der Waals surface area contributed by atoms with Crippen molar-refractivity contribution in [3.05, 3.63) is 29.8 Å². The van der Waals surface area contributed by atoms with Gasteiger partial charge in [-0.05, 0) is 17.7 Å². The number of hydrogen-bond acceptors (Lipinski definition) is 3. The zero-order chi connectivity index (χ0) is 12.1. The van der Waals surface area contributed by atoms with Crippen LogP contribution >= 0.6 is 0 Å². The van der Waals surface area contributed by atoms with Gasteiger partial charge >= 0.3 is 5.97 Å². The summed E-state index contributed by atoms with van der Waals surface area (Å²) < 4.78 is 0. The third-order valence-electron chi connectivity index (χ3n) is 2.10. The van der Waals surface area contributed by atoms with Crippen molar-refractivity contribution in [2.24, 2.45) is 0 Å². The van der Waals surface area contributed by atoms with Gasteiger partial charge in [0.15, 0.2) is 0 Å². The lowest BCUT2D eigenvalue weighted by atomic mass is 10.0. The Hall–Kier alpha value is -2.04. The van der Waals surface area contributed by atoms with E-state index in [0.29, 0.717) is 5.69 Å². The summed E-state index contributed by atoms with van der Waals surface area (Å²) >= 11 is 0. The fourth-order valence-electron chi connectivity index (χ4n) is 1.40. The summed E-state index contributed by atoms with van der Waals surface area (Å²) in [6.07, 6.45) is -0.149. The Morgan fingerprint density at radius 2 is 1.94 bits per heavy atom. The van der Waals surface area contributed by atoms with E-state index in [4.69, 9.17) is 10.8 Å². The number of nitrogens with one attached hydrogen (secondary N) is 1. The number of nitrogen functional groups attached to an aromatic ring is 1. The molecule has 16 heavy (non-hydrogen) atoms. The molecule has 86 valence electrons. The number of carboxylic acids is 1. The molecule has 0 radical (unpaired) electrons. The molecule has 1 aromatic rings. The van der Waals surface area contributed by atoms with Crippen molar-refractivity contribution in [1.29, 1.82) is 0 Å². The molecule has 5 heteroatoms. The molecule has 0 unspecified atom stereocenters. The van der Waals surface area contributed by atoms with Crippen LogP contribution in [0, 0.1) is 0 Å². The van der Waals surface area contributed by atoms with Crippen LogP contribution in [0.4, 0.5) is 5.69 Å². The molecule has 5 nitrogen and oxygen atoms in total. The number of carbonyl (C=O) groups is 2. The molecule has 0 saturated heterocycles. The highest BCUT2D eigenvalue weighted by molar-refractivity contribution is 5.75. The Balaban J connectivity index is 2.86. The third-order valence-corrected chi connectivity index (χ3v) is 2.10. The summed E-state index contributed by atoms with van der Waals surface area (Å²) in [6, 6.07) is 6.24. The van der Waals surface area contributed by atoms with Gasteiger partial charge in [-0.3, -0.25) is 9.59 Å². The lowest BCUT2D eigenvalue weighted by Gasteiger charge is -2.16. The van der Waals surface area contributed by atoms with E-state index in [2.05, 4.69) is 5.32 Å². The van der Waals surface area contributed by atoms with Gasteiger partial charge < -0.3 is 16.2 Å². The average molecular weight is 222 g/mol. The number of aliphatic carboxylic acids is 1. The minimum atomic E-state index is -0.962. The molecule has 0 aromatic heterocycles. The number of carboxylic acid groups (broad SMARTS) is 1. The van der Waals surface area contributed by atoms with Gasteiger partial charge in [-0.2, -0.15) is 0 Å². The average Bonchev–Trinajstić information content (AvgIpc) is 2.16. The fourth-order valence-corrected chi connectivity index (χ4v) is 1.40. The second-order valence-electron chi connectivity index (χ2n) is 3.52. The van der Waals surface area contributed by atoms with Crippen molar-refractivity contribution in [3.63, 3.8) is 0 Å². The highest BCUT2D eigenvalue weighted by Crippen LogP contribution is 2.18. The van der Waals surface area contributed by atoms with Crippen molar-refractivity contribution < 1.29 is 14.7 Å². The first-order valence-corrected chi connectivity index (χ1v) is 4.83. The van der Waals surface area contributed by atoms with E-state index in [1.807, 2.05) is 0 Å². The Labute approximate surface area is 93.3 Å². The molecular formula is C11H14N2O3. The van der Waals surface area contributed by atoms with E-state index < -0.39 is 12.0 Å². The van der Waals surface area contributed by atoms with Gasteiger partial charge in [-0.25, -0.2) is 0 Å². The van der Waals surface area contributed by atoms with Crippen LogP contribution < -0.4 is 11.1 Å². The standard InChI is InChI=1S/C11H14N2O3/c1-7(14)13-10(6-11(15)16)8-2-4-9(12)5-3-8/h2-5,10H,6,12H2,1H3,(H,13,14)(H,15,16)/t10-/m1/s1. The van der Waals surface area contributed by atoms with Crippen molar-refractivity contribution in [2.75, 3.05) is 5.73 Å². The molecule has 0 aliphatic rings. The molecule has 0 fully saturated rings. The quantitative estimate of drug-likeness (QED) is 0.660. The summed E-state index contributed by atoms with van der Waals surface area (Å²) in [7, 11) is 0. The smallest absolute Gasteiger partial charge is 0.305 e. The van der Waals surface area contributed by atoms with Crippen molar-refractivity contribution in [1.82, 2.24) is 5.32 Å². The summed E-state index contributed by atoms with van der Waals surface area (Å²) in [5.41, 5.74) is 6.85. The summed E-state index contributed by atoms with van der Waals surface area (Å²) in [5.74, 6) is -1.22. The lowest BCUT2D eigenvalue weighted by molar-refractivity contribution is -0.137. The van der Waals surface area contributed by atoms with Crippen LogP contribution in [0.3, 0.4) is 0 Å². The molecule has 0 bridgehead atoms. The zero-order valence-electron chi connectivity index (χ0n) is 8.93. The third kappa shape index (κ3) is 3.61. The maximum atomic E-state index is 10.9. The molecule has 1 amide bonds. The van der Waals surface area contributed by atoms with Gasteiger partial charge in [0.2, 0.25) is 5.91 Å². The number of benzene rings is 1. The Kier molecular flexibility index (Phi) is 3.88. The van der Waals surface area contributed by atoms with Crippen molar-refractivity contribution in [2.45, 2.75) is 19.4 Å². The van der Waals surface area contributed by atoms with Crippen LogP contribution in [0.25, 0.3) is 0 Å². The number of hydrogen-bond donors (Lipinski definition) is 3. The van der Waals surface area contributed by atoms with Crippen LogP contribution in [0.5, 0.6) is 0 Å². The van der Waals surface area contributed by atoms with Crippen molar-refractivity contribution >= 4 is 17.6 Å². The topological polar surface area (TPSA) is 92.4 Å². The van der Waals surface area contributed by atoms with Gasteiger partial charge in [-0.1, -0.05) is 12.1 Å². The van der Waals surface area contributed by atoms with Gasteiger partial charge in [0.25, 0.3) is 0 Å². The zero-order valence-corrected chi connectivity index (χ0v) is 8.93. The monoisotopic (exact) mass is 222 g/mol. The fraction of sp³-hybridized carbons (Fsp3) is 0.273. The van der Waals surface area contributed by atoms with E-state index in [9.17, 15) is 9.59 Å². The van der Waals surface area contributed by atoms with E-state index in [-0.39, 0.29) is 12.3 Å². The minimum absolute atomic E-state index is 0.149. The van der Waals surface area contributed by atoms with Gasteiger partial charge in [0, 0.05) is 12.6 Å². The highest BCUT2D eigenvalue weighted by Gasteiger charge is 2.16. The predicted molar refractivity (Wildman–Crippen MR) is 59.7 cm³/mol.